The summed E-state index contributed by atoms with van der Waals surface area (Å²) >= 11 is 0. The minimum Gasteiger partial charge on any atom is -0.391 e. The Kier molecular flexibility index (Phi) is 3.71. The number of Topliss-reactive ketones (excluding diaryl/α,β-unsaturated/α-hetero) is 1. The Morgan fingerprint density at radius 3 is 2.44 bits per heavy atom. The molecule has 3 aliphatic rings. The average molecular weight is 251 g/mol. The van der Waals surface area contributed by atoms with Gasteiger partial charge in [0.25, 0.3) is 0 Å². The molecule has 1 heterocycles. The number of carbonyl (C=O) groups excluding carboxylic acids is 1. The van der Waals surface area contributed by atoms with E-state index in [1.165, 1.54) is 25.7 Å². The van der Waals surface area contributed by atoms with Crippen LogP contribution in [0.2, 0.25) is 0 Å². The number of likely N-dealkylation sites (tertiary alicyclic amines) is 1. The summed E-state index contributed by atoms with van der Waals surface area (Å²) in [6, 6.07) is 0.775. The SMILES string of the molecule is O=C1CCCC1C1CCCN1C1CCCCC1O. The van der Waals surface area contributed by atoms with E-state index in [2.05, 4.69) is 4.90 Å². The molecule has 2 saturated carbocycles. The van der Waals surface area contributed by atoms with Gasteiger partial charge in [0.1, 0.15) is 5.78 Å². The molecule has 18 heavy (non-hydrogen) atoms. The number of carbonyl (C=O) groups is 1. The van der Waals surface area contributed by atoms with Gasteiger partial charge in [-0.1, -0.05) is 12.8 Å². The predicted octanol–water partition coefficient (Wildman–Crippen LogP) is 2.12. The van der Waals surface area contributed by atoms with Gasteiger partial charge in [0.2, 0.25) is 0 Å². The molecule has 0 radical (unpaired) electrons. The van der Waals surface area contributed by atoms with E-state index >= 15 is 0 Å². The van der Waals surface area contributed by atoms with Gasteiger partial charge in [0.05, 0.1) is 6.10 Å². The Balaban J connectivity index is 1.72. The Hall–Kier alpha value is -0.410. The number of nitrogens with zero attached hydrogens (tertiary/aromatic N) is 1. The fourth-order valence-electron chi connectivity index (χ4n) is 4.39. The smallest absolute Gasteiger partial charge is 0.137 e. The fraction of sp³-hybridized carbons (Fsp3) is 0.933. The number of aliphatic hydroxyl groups is 1. The first-order valence-electron chi connectivity index (χ1n) is 7.74. The van der Waals surface area contributed by atoms with Crippen LogP contribution >= 0.6 is 0 Å². The lowest BCUT2D eigenvalue weighted by Gasteiger charge is -2.40. The minimum absolute atomic E-state index is 0.157. The van der Waals surface area contributed by atoms with Crippen LogP contribution in [0.4, 0.5) is 0 Å². The first-order chi connectivity index (χ1) is 8.77. The largest absolute Gasteiger partial charge is 0.391 e. The molecule has 0 aromatic rings. The van der Waals surface area contributed by atoms with Crippen molar-refractivity contribution in [3.8, 4) is 0 Å². The van der Waals surface area contributed by atoms with Crippen molar-refractivity contribution in [3.63, 3.8) is 0 Å². The van der Waals surface area contributed by atoms with Crippen molar-refractivity contribution in [1.29, 1.82) is 0 Å². The number of hydrogen-bond donors (Lipinski definition) is 1. The molecule has 4 unspecified atom stereocenters. The fourth-order valence-corrected chi connectivity index (χ4v) is 4.39. The Morgan fingerprint density at radius 1 is 0.944 bits per heavy atom. The second-order valence-electron chi connectivity index (χ2n) is 6.33. The zero-order valence-corrected chi connectivity index (χ0v) is 11.2. The van der Waals surface area contributed by atoms with Crippen molar-refractivity contribution in [2.24, 2.45) is 5.92 Å². The van der Waals surface area contributed by atoms with Gasteiger partial charge in [0, 0.05) is 24.4 Å². The first kappa shape index (κ1) is 12.6. The van der Waals surface area contributed by atoms with Gasteiger partial charge in [-0.3, -0.25) is 9.69 Å². The van der Waals surface area contributed by atoms with Gasteiger partial charge in [-0.2, -0.15) is 0 Å². The maximum absolute atomic E-state index is 12.0. The van der Waals surface area contributed by atoms with Gasteiger partial charge < -0.3 is 5.11 Å². The van der Waals surface area contributed by atoms with Crippen molar-refractivity contribution < 1.29 is 9.90 Å². The highest BCUT2D eigenvalue weighted by Crippen LogP contribution is 2.37. The van der Waals surface area contributed by atoms with Crippen LogP contribution in [-0.2, 0) is 4.79 Å². The van der Waals surface area contributed by atoms with Crippen LogP contribution in [0, 0.1) is 5.92 Å². The summed E-state index contributed by atoms with van der Waals surface area (Å²) in [5.41, 5.74) is 0. The Bertz CT molecular complexity index is 318. The molecule has 3 nitrogen and oxygen atoms in total. The van der Waals surface area contributed by atoms with Gasteiger partial charge in [-0.25, -0.2) is 0 Å². The highest BCUT2D eigenvalue weighted by atomic mass is 16.3. The van der Waals surface area contributed by atoms with Crippen molar-refractivity contribution in [2.45, 2.75) is 76.0 Å². The van der Waals surface area contributed by atoms with Crippen LogP contribution in [0.25, 0.3) is 0 Å². The lowest BCUT2D eigenvalue weighted by atomic mass is 9.88. The van der Waals surface area contributed by atoms with E-state index in [1.807, 2.05) is 0 Å². The molecular formula is C15H25NO2. The van der Waals surface area contributed by atoms with E-state index in [0.717, 1.165) is 38.6 Å². The molecule has 0 aromatic heterocycles. The highest BCUT2D eigenvalue weighted by Gasteiger charge is 2.42. The van der Waals surface area contributed by atoms with E-state index in [1.54, 1.807) is 0 Å². The van der Waals surface area contributed by atoms with E-state index in [0.29, 0.717) is 17.9 Å². The summed E-state index contributed by atoms with van der Waals surface area (Å²) in [7, 11) is 0. The number of rotatable bonds is 2. The second-order valence-corrected chi connectivity index (χ2v) is 6.33. The highest BCUT2D eigenvalue weighted by molar-refractivity contribution is 5.83. The zero-order valence-electron chi connectivity index (χ0n) is 11.2. The van der Waals surface area contributed by atoms with Crippen molar-refractivity contribution in [2.75, 3.05) is 6.54 Å². The summed E-state index contributed by atoms with van der Waals surface area (Å²) < 4.78 is 0. The van der Waals surface area contributed by atoms with Gasteiger partial charge in [0.15, 0.2) is 0 Å². The topological polar surface area (TPSA) is 40.5 Å². The molecule has 102 valence electrons. The van der Waals surface area contributed by atoms with Crippen LogP contribution in [0.3, 0.4) is 0 Å². The van der Waals surface area contributed by atoms with Crippen molar-refractivity contribution in [1.82, 2.24) is 4.90 Å². The number of ketones is 1. The molecule has 0 bridgehead atoms. The summed E-state index contributed by atoms with van der Waals surface area (Å²) in [5, 5.41) is 10.2. The second kappa shape index (κ2) is 5.30. The molecule has 1 N–H and O–H groups in total. The molecule has 1 saturated heterocycles. The zero-order chi connectivity index (χ0) is 12.5. The Morgan fingerprint density at radius 2 is 1.72 bits per heavy atom. The third-order valence-corrected chi connectivity index (χ3v) is 5.28. The molecule has 3 heteroatoms. The standard InChI is InChI=1S/C15H25NO2/c17-14-9-3-5-11(14)12-7-4-10-16(12)13-6-1-2-8-15(13)18/h11-13,15,18H,1-10H2. The molecule has 3 rings (SSSR count). The maximum Gasteiger partial charge on any atom is 0.137 e. The molecule has 3 fully saturated rings. The molecular weight excluding hydrogens is 226 g/mol. The summed E-state index contributed by atoms with van der Waals surface area (Å²) in [5.74, 6) is 0.763. The molecule has 4 atom stereocenters. The van der Waals surface area contributed by atoms with Gasteiger partial charge in [-0.15, -0.1) is 0 Å². The van der Waals surface area contributed by atoms with E-state index < -0.39 is 0 Å². The van der Waals surface area contributed by atoms with Crippen LogP contribution < -0.4 is 0 Å². The first-order valence-corrected chi connectivity index (χ1v) is 7.74. The van der Waals surface area contributed by atoms with Crippen LogP contribution in [0.1, 0.15) is 57.8 Å². The lowest BCUT2D eigenvalue weighted by molar-refractivity contribution is -0.123. The third-order valence-electron chi connectivity index (χ3n) is 5.28. The molecule has 0 aromatic carbocycles. The maximum atomic E-state index is 12.0. The quantitative estimate of drug-likeness (QED) is 0.817. The lowest BCUT2D eigenvalue weighted by Crippen LogP contribution is -2.50. The Labute approximate surface area is 110 Å². The average Bonchev–Trinajstić information content (AvgIpc) is 2.98. The van der Waals surface area contributed by atoms with Crippen LogP contribution in [0.15, 0.2) is 0 Å². The van der Waals surface area contributed by atoms with E-state index in [9.17, 15) is 9.90 Å². The van der Waals surface area contributed by atoms with Gasteiger partial charge in [-0.05, 0) is 45.1 Å². The summed E-state index contributed by atoms with van der Waals surface area (Å²) in [6.07, 6.45) is 9.66. The molecule has 0 amide bonds. The monoisotopic (exact) mass is 251 g/mol. The van der Waals surface area contributed by atoms with Crippen molar-refractivity contribution in [3.05, 3.63) is 0 Å². The number of hydrogen-bond acceptors (Lipinski definition) is 3. The predicted molar refractivity (Wildman–Crippen MR) is 70.3 cm³/mol. The molecule has 0 spiro atoms. The van der Waals surface area contributed by atoms with E-state index in [-0.39, 0.29) is 12.0 Å². The summed E-state index contributed by atoms with van der Waals surface area (Å²) in [4.78, 5) is 14.5. The van der Waals surface area contributed by atoms with E-state index in [4.69, 9.17) is 0 Å². The number of aliphatic hydroxyl groups excluding tert-OH is 1. The van der Waals surface area contributed by atoms with Crippen LogP contribution in [-0.4, -0.2) is 40.5 Å². The molecule has 1 aliphatic heterocycles. The third kappa shape index (κ3) is 2.23. The summed E-state index contributed by atoms with van der Waals surface area (Å²) in [6.45, 7) is 1.09. The van der Waals surface area contributed by atoms with Gasteiger partial charge >= 0.3 is 0 Å². The van der Waals surface area contributed by atoms with Crippen LogP contribution in [0.5, 0.6) is 0 Å². The minimum atomic E-state index is -0.157. The molecule has 2 aliphatic carbocycles. The van der Waals surface area contributed by atoms with Crippen molar-refractivity contribution >= 4 is 5.78 Å². The normalized spacial score (nSPS) is 42.6.